The summed E-state index contributed by atoms with van der Waals surface area (Å²) in [4.78, 5) is 18.1. The molecule has 152 valence electrons. The molecular weight excluding hydrogens is 382 g/mol. The molecule has 0 aliphatic carbocycles. The van der Waals surface area contributed by atoms with Crippen LogP contribution in [0.2, 0.25) is 0 Å². The van der Waals surface area contributed by atoms with Gasteiger partial charge >= 0.3 is 5.97 Å². The van der Waals surface area contributed by atoms with Gasteiger partial charge < -0.3 is 4.74 Å². The summed E-state index contributed by atoms with van der Waals surface area (Å²) in [6.07, 6.45) is 0. The van der Waals surface area contributed by atoms with Crippen LogP contribution in [0.3, 0.4) is 0 Å². The number of hydrogen-bond acceptors (Lipinski definition) is 3. The summed E-state index contributed by atoms with van der Waals surface area (Å²) in [6.45, 7) is 0.213. The lowest BCUT2D eigenvalue weighted by Crippen LogP contribution is -2.17. The van der Waals surface area contributed by atoms with E-state index >= 15 is 0 Å². The van der Waals surface area contributed by atoms with Crippen LogP contribution in [0.15, 0.2) is 126 Å². The molecule has 0 fully saturated rings. The Hall–Kier alpha value is -3.98. The molecule has 0 amide bonds. The maximum Gasteiger partial charge on any atom is 0.335 e. The van der Waals surface area contributed by atoms with Gasteiger partial charge in [-0.15, -0.1) is 0 Å². The summed E-state index contributed by atoms with van der Waals surface area (Å²) in [5.41, 5.74) is 4.39. The van der Waals surface area contributed by atoms with Crippen molar-refractivity contribution in [2.24, 2.45) is 4.99 Å². The van der Waals surface area contributed by atoms with Gasteiger partial charge in [0.25, 0.3) is 0 Å². The van der Waals surface area contributed by atoms with Crippen LogP contribution in [0.25, 0.3) is 0 Å². The second-order valence-corrected chi connectivity index (χ2v) is 7.12. The molecular formula is C28H23NO2. The summed E-state index contributed by atoms with van der Waals surface area (Å²) >= 11 is 0. The zero-order chi connectivity index (χ0) is 21.3. The van der Waals surface area contributed by atoms with Crippen molar-refractivity contribution in [3.8, 4) is 0 Å². The summed E-state index contributed by atoms with van der Waals surface area (Å²) in [6, 6.07) is 38.3. The van der Waals surface area contributed by atoms with Crippen LogP contribution in [0.1, 0.15) is 28.3 Å². The summed E-state index contributed by atoms with van der Waals surface area (Å²) in [5, 5.41) is 0. The van der Waals surface area contributed by atoms with E-state index in [1.807, 2.05) is 121 Å². The Kier molecular flexibility index (Phi) is 6.66. The summed E-state index contributed by atoms with van der Waals surface area (Å²) in [5.74, 6) is -0.376. The smallest absolute Gasteiger partial charge is 0.335 e. The van der Waals surface area contributed by atoms with Crippen LogP contribution in [0.4, 0.5) is 0 Å². The van der Waals surface area contributed by atoms with E-state index in [1.54, 1.807) is 0 Å². The van der Waals surface area contributed by atoms with Gasteiger partial charge in [-0.3, -0.25) is 4.99 Å². The number of nitrogens with zero attached hydrogens (tertiary/aromatic N) is 1. The Morgan fingerprint density at radius 2 is 1.10 bits per heavy atom. The van der Waals surface area contributed by atoms with Crippen LogP contribution < -0.4 is 0 Å². The molecule has 31 heavy (non-hydrogen) atoms. The average Bonchev–Trinajstić information content (AvgIpc) is 2.85. The van der Waals surface area contributed by atoms with Crippen molar-refractivity contribution < 1.29 is 9.53 Å². The molecule has 4 rings (SSSR count). The van der Waals surface area contributed by atoms with Crippen molar-refractivity contribution >= 4 is 11.7 Å². The Balaban J connectivity index is 1.72. The Bertz CT molecular complexity index is 1080. The summed E-state index contributed by atoms with van der Waals surface area (Å²) < 4.78 is 5.67. The molecule has 4 aromatic rings. The highest BCUT2D eigenvalue weighted by molar-refractivity contribution is 6.13. The standard InChI is InChI=1S/C28H23NO2/c30-28(31-21-22-13-5-1-6-14-22)27(25-19-11-4-12-20-25)29-26(23-15-7-2-8-16-23)24-17-9-3-10-18-24/h1-20,27H,21H2. The van der Waals surface area contributed by atoms with Crippen molar-refractivity contribution in [3.63, 3.8) is 0 Å². The third kappa shape index (κ3) is 5.34. The zero-order valence-electron chi connectivity index (χ0n) is 17.1. The largest absolute Gasteiger partial charge is 0.459 e. The van der Waals surface area contributed by atoms with E-state index in [2.05, 4.69) is 0 Å². The highest BCUT2D eigenvalue weighted by atomic mass is 16.5. The fraction of sp³-hybridized carbons (Fsp3) is 0.0714. The minimum absolute atomic E-state index is 0.213. The van der Waals surface area contributed by atoms with E-state index in [0.717, 1.165) is 28.0 Å². The van der Waals surface area contributed by atoms with Crippen LogP contribution in [0, 0.1) is 0 Å². The van der Waals surface area contributed by atoms with Gasteiger partial charge in [0.05, 0.1) is 5.71 Å². The van der Waals surface area contributed by atoms with Crippen molar-refractivity contribution in [2.45, 2.75) is 12.6 Å². The minimum atomic E-state index is -0.764. The predicted octanol–water partition coefficient (Wildman–Crippen LogP) is 6.01. The second-order valence-electron chi connectivity index (χ2n) is 7.12. The maximum absolute atomic E-state index is 13.2. The molecule has 0 bridgehead atoms. The number of benzene rings is 4. The number of esters is 1. The Morgan fingerprint density at radius 3 is 1.61 bits per heavy atom. The SMILES string of the molecule is O=C(OCc1ccccc1)C(N=C(c1ccccc1)c1ccccc1)c1ccccc1. The molecule has 0 saturated carbocycles. The zero-order valence-corrected chi connectivity index (χ0v) is 17.1. The van der Waals surface area contributed by atoms with Crippen molar-refractivity contribution in [1.29, 1.82) is 0 Å². The first kappa shape index (κ1) is 20.3. The van der Waals surface area contributed by atoms with Crippen molar-refractivity contribution in [1.82, 2.24) is 0 Å². The van der Waals surface area contributed by atoms with Gasteiger partial charge in [-0.2, -0.15) is 0 Å². The molecule has 0 N–H and O–H groups in total. The van der Waals surface area contributed by atoms with Gasteiger partial charge in [0.1, 0.15) is 6.61 Å². The lowest BCUT2D eigenvalue weighted by atomic mass is 10.0. The van der Waals surface area contributed by atoms with E-state index in [9.17, 15) is 4.79 Å². The van der Waals surface area contributed by atoms with Gasteiger partial charge in [0.15, 0.2) is 6.04 Å². The monoisotopic (exact) mass is 405 g/mol. The Morgan fingerprint density at radius 1 is 0.645 bits per heavy atom. The first-order valence-electron chi connectivity index (χ1n) is 10.3. The molecule has 0 aromatic heterocycles. The second kappa shape index (κ2) is 10.2. The molecule has 3 nitrogen and oxygen atoms in total. The molecule has 0 saturated heterocycles. The van der Waals surface area contributed by atoms with E-state index in [4.69, 9.17) is 9.73 Å². The predicted molar refractivity (Wildman–Crippen MR) is 124 cm³/mol. The van der Waals surface area contributed by atoms with Gasteiger partial charge in [-0.25, -0.2) is 4.79 Å². The number of rotatable bonds is 7. The van der Waals surface area contributed by atoms with Crippen molar-refractivity contribution in [3.05, 3.63) is 144 Å². The molecule has 0 radical (unpaired) electrons. The molecule has 1 atom stereocenters. The van der Waals surface area contributed by atoms with E-state index in [1.165, 1.54) is 0 Å². The highest BCUT2D eigenvalue weighted by Crippen LogP contribution is 2.23. The summed E-state index contributed by atoms with van der Waals surface area (Å²) in [7, 11) is 0. The number of carbonyl (C=O) groups is 1. The van der Waals surface area contributed by atoms with Crippen LogP contribution in [0.5, 0.6) is 0 Å². The minimum Gasteiger partial charge on any atom is -0.459 e. The van der Waals surface area contributed by atoms with Gasteiger partial charge in [-0.05, 0) is 11.1 Å². The van der Waals surface area contributed by atoms with E-state index < -0.39 is 6.04 Å². The van der Waals surface area contributed by atoms with Gasteiger partial charge in [-0.1, -0.05) is 121 Å². The van der Waals surface area contributed by atoms with Crippen LogP contribution in [-0.4, -0.2) is 11.7 Å². The molecule has 0 heterocycles. The number of carbonyl (C=O) groups excluding carboxylic acids is 1. The molecule has 0 aliphatic rings. The number of aliphatic imine (C=N–C) groups is 1. The highest BCUT2D eigenvalue weighted by Gasteiger charge is 2.23. The lowest BCUT2D eigenvalue weighted by molar-refractivity contribution is -0.146. The molecule has 0 spiro atoms. The molecule has 0 aliphatic heterocycles. The fourth-order valence-electron chi connectivity index (χ4n) is 3.34. The maximum atomic E-state index is 13.2. The van der Waals surface area contributed by atoms with Gasteiger partial charge in [0, 0.05) is 11.1 Å². The van der Waals surface area contributed by atoms with E-state index in [-0.39, 0.29) is 12.6 Å². The quantitative estimate of drug-likeness (QED) is 0.279. The average molecular weight is 405 g/mol. The molecule has 4 aromatic carbocycles. The first-order chi connectivity index (χ1) is 15.3. The number of hydrogen-bond donors (Lipinski definition) is 0. The number of ether oxygens (including phenoxy) is 1. The van der Waals surface area contributed by atoms with E-state index in [0.29, 0.717) is 0 Å². The first-order valence-corrected chi connectivity index (χ1v) is 10.3. The lowest BCUT2D eigenvalue weighted by Gasteiger charge is -2.16. The third-order valence-electron chi connectivity index (χ3n) is 4.92. The Labute approximate surface area is 182 Å². The van der Waals surface area contributed by atoms with Crippen molar-refractivity contribution in [2.75, 3.05) is 0 Å². The molecule has 1 unspecified atom stereocenters. The van der Waals surface area contributed by atoms with Gasteiger partial charge in [0.2, 0.25) is 0 Å². The normalized spacial score (nSPS) is 11.4. The fourth-order valence-corrected chi connectivity index (χ4v) is 3.34. The third-order valence-corrected chi connectivity index (χ3v) is 4.92. The topological polar surface area (TPSA) is 38.7 Å². The molecule has 3 heteroatoms. The van der Waals surface area contributed by atoms with Crippen LogP contribution in [-0.2, 0) is 16.1 Å². The van der Waals surface area contributed by atoms with Crippen LogP contribution >= 0.6 is 0 Å².